The van der Waals surface area contributed by atoms with Crippen molar-refractivity contribution >= 4 is 11.9 Å². The lowest BCUT2D eigenvalue weighted by Gasteiger charge is -2.34. The summed E-state index contributed by atoms with van der Waals surface area (Å²) < 4.78 is 12.1. The van der Waals surface area contributed by atoms with Gasteiger partial charge in [-0.05, 0) is 12.1 Å². The van der Waals surface area contributed by atoms with Gasteiger partial charge in [0.1, 0.15) is 5.82 Å². The van der Waals surface area contributed by atoms with E-state index in [4.69, 9.17) is 1.37 Å². The highest BCUT2D eigenvalue weighted by molar-refractivity contribution is 5.67. The van der Waals surface area contributed by atoms with Crippen LogP contribution in [-0.4, -0.2) is 49.3 Å². The number of carbonyl (C=O) groups excluding carboxylic acids is 1. The Labute approximate surface area is 96.0 Å². The number of anilines is 1. The molecule has 0 atom stereocenters. The number of rotatable bonds is 1. The molecular weight excluding hydrogens is 206 g/mol. The quantitative estimate of drug-likeness (QED) is 0.710. The van der Waals surface area contributed by atoms with E-state index < -0.39 is 0 Å². The molecule has 1 aliphatic heterocycles. The van der Waals surface area contributed by atoms with Crippen LogP contribution in [0.25, 0.3) is 0 Å². The van der Waals surface area contributed by atoms with E-state index in [9.17, 15) is 4.79 Å². The first kappa shape index (κ1) is 9.45. The van der Waals surface area contributed by atoms with Gasteiger partial charge in [0.2, 0.25) is 0 Å². The molecule has 0 bridgehead atoms. The summed E-state index contributed by atoms with van der Waals surface area (Å²) >= 11 is 0. The van der Waals surface area contributed by atoms with Crippen molar-refractivity contribution in [2.24, 2.45) is 0 Å². The number of hydrogen-bond acceptors (Lipinski definition) is 4. The summed E-state index contributed by atoms with van der Waals surface area (Å²) in [7, 11) is 1.39. The number of nitrogens with zero attached hydrogens (tertiary/aromatic N) is 3. The fourth-order valence-electron chi connectivity index (χ4n) is 1.74. The lowest BCUT2D eigenvalue weighted by Crippen LogP contribution is -2.49. The summed E-state index contributed by atoms with van der Waals surface area (Å²) in [6.45, 7) is 2.67. The summed E-state index contributed by atoms with van der Waals surface area (Å²) in [5.41, 5.74) is 0. The minimum absolute atomic E-state index is 0.262. The normalized spacial score (nSPS) is 16.9. The highest BCUT2D eigenvalue weighted by atomic mass is 16.5. The van der Waals surface area contributed by atoms with Crippen LogP contribution < -0.4 is 4.90 Å². The zero-order chi connectivity index (χ0) is 12.3. The Bertz CT molecular complexity index is 405. The van der Waals surface area contributed by atoms with Gasteiger partial charge < -0.3 is 14.5 Å². The molecule has 86 valence electrons. The molecule has 0 saturated carbocycles. The molecule has 1 aliphatic rings. The summed E-state index contributed by atoms with van der Waals surface area (Å²) in [5.74, 6) is 0.794. The molecule has 1 aromatic rings. The van der Waals surface area contributed by atoms with Crippen LogP contribution in [0, 0.1) is 0 Å². The SMILES string of the molecule is [2H]c1cccc(N2CCN(C(=O)OC)CC2)n1. The van der Waals surface area contributed by atoms with Crippen molar-refractivity contribution < 1.29 is 10.9 Å². The number of methoxy groups -OCH3 is 1. The summed E-state index contributed by atoms with van der Waals surface area (Å²) in [4.78, 5) is 19.2. The van der Waals surface area contributed by atoms with Crippen LogP contribution in [0.2, 0.25) is 0 Å². The number of amides is 1. The van der Waals surface area contributed by atoms with E-state index in [0.29, 0.717) is 26.2 Å². The van der Waals surface area contributed by atoms with Crippen molar-refractivity contribution in [1.82, 2.24) is 9.88 Å². The molecule has 1 amide bonds. The maximum absolute atomic E-state index is 11.3. The summed E-state index contributed by atoms with van der Waals surface area (Å²) in [6.07, 6.45) is -0.0234. The standard InChI is InChI=1S/C11H15N3O2/c1-16-11(15)14-8-6-13(7-9-14)10-4-2-3-5-12-10/h2-5H,6-9H2,1H3/i5D. The van der Waals surface area contributed by atoms with Crippen molar-refractivity contribution in [2.45, 2.75) is 0 Å². The number of carbonyl (C=O) groups is 1. The fraction of sp³-hybridized carbons (Fsp3) is 0.455. The van der Waals surface area contributed by atoms with Gasteiger partial charge in [-0.25, -0.2) is 9.78 Å². The molecule has 1 fully saturated rings. The average molecular weight is 222 g/mol. The molecule has 0 unspecified atom stereocenters. The van der Waals surface area contributed by atoms with Crippen molar-refractivity contribution in [1.29, 1.82) is 0 Å². The fourth-order valence-corrected chi connectivity index (χ4v) is 1.74. The average Bonchev–Trinajstić information content (AvgIpc) is 2.38. The zero-order valence-electron chi connectivity index (χ0n) is 10.2. The predicted octanol–water partition coefficient (Wildman–Crippen LogP) is 0.970. The van der Waals surface area contributed by atoms with Crippen LogP contribution in [0.3, 0.4) is 0 Å². The topological polar surface area (TPSA) is 45.7 Å². The second-order valence-electron chi connectivity index (χ2n) is 3.57. The Kier molecular flexibility index (Phi) is 2.85. The van der Waals surface area contributed by atoms with Crippen molar-refractivity contribution in [3.8, 4) is 0 Å². The Balaban J connectivity index is 1.97. The molecule has 1 saturated heterocycles. The first-order valence-electron chi connectivity index (χ1n) is 5.72. The van der Waals surface area contributed by atoms with Gasteiger partial charge in [-0.15, -0.1) is 0 Å². The largest absolute Gasteiger partial charge is 0.453 e. The van der Waals surface area contributed by atoms with Gasteiger partial charge >= 0.3 is 6.09 Å². The maximum Gasteiger partial charge on any atom is 0.409 e. The molecule has 5 heteroatoms. The van der Waals surface area contributed by atoms with Gasteiger partial charge in [-0.2, -0.15) is 0 Å². The third-order valence-electron chi connectivity index (χ3n) is 2.63. The second kappa shape index (κ2) is 4.83. The molecular formula is C11H15N3O2. The maximum atomic E-state index is 11.3. The third kappa shape index (κ3) is 2.24. The lowest BCUT2D eigenvalue weighted by molar-refractivity contribution is 0.121. The van der Waals surface area contributed by atoms with E-state index in [1.165, 1.54) is 7.11 Å². The number of ether oxygens (including phenoxy) is 1. The molecule has 16 heavy (non-hydrogen) atoms. The van der Waals surface area contributed by atoms with Crippen molar-refractivity contribution in [3.05, 3.63) is 24.4 Å². The molecule has 2 rings (SSSR count). The highest BCUT2D eigenvalue weighted by Crippen LogP contribution is 2.12. The van der Waals surface area contributed by atoms with Crippen LogP contribution in [0.1, 0.15) is 1.37 Å². The lowest BCUT2D eigenvalue weighted by atomic mass is 10.3. The van der Waals surface area contributed by atoms with Crippen LogP contribution in [-0.2, 0) is 4.74 Å². The molecule has 0 radical (unpaired) electrons. The van der Waals surface area contributed by atoms with Crippen LogP contribution in [0.15, 0.2) is 24.4 Å². The zero-order valence-corrected chi connectivity index (χ0v) is 9.22. The Hall–Kier alpha value is -1.78. The van der Waals surface area contributed by atoms with E-state index in [1.54, 1.807) is 11.0 Å². The molecule has 0 aliphatic carbocycles. The monoisotopic (exact) mass is 222 g/mol. The molecule has 2 heterocycles. The Morgan fingerprint density at radius 2 is 2.19 bits per heavy atom. The molecule has 1 aromatic heterocycles. The molecule has 0 spiro atoms. The van der Waals surface area contributed by atoms with Crippen LogP contribution in [0.4, 0.5) is 10.6 Å². The molecule has 0 aromatic carbocycles. The Morgan fingerprint density at radius 3 is 2.81 bits per heavy atom. The van der Waals surface area contributed by atoms with Crippen LogP contribution in [0.5, 0.6) is 0 Å². The van der Waals surface area contributed by atoms with Gasteiger partial charge in [-0.3, -0.25) is 0 Å². The third-order valence-corrected chi connectivity index (χ3v) is 2.63. The number of piperazine rings is 1. The van der Waals surface area contributed by atoms with Gasteiger partial charge in [0.15, 0.2) is 0 Å². The van der Waals surface area contributed by atoms with Gasteiger partial charge in [0.25, 0.3) is 0 Å². The second-order valence-corrected chi connectivity index (χ2v) is 3.57. The van der Waals surface area contributed by atoms with Gasteiger partial charge in [0, 0.05) is 32.4 Å². The first-order chi connectivity index (χ1) is 8.20. The predicted molar refractivity (Wildman–Crippen MR) is 60.4 cm³/mol. The Morgan fingerprint density at radius 1 is 1.44 bits per heavy atom. The summed E-state index contributed by atoms with van der Waals surface area (Å²) in [6, 6.07) is 5.34. The molecule has 5 nitrogen and oxygen atoms in total. The minimum atomic E-state index is -0.285. The number of hydrogen-bond donors (Lipinski definition) is 0. The van der Waals surface area contributed by atoms with E-state index >= 15 is 0 Å². The van der Waals surface area contributed by atoms with Crippen molar-refractivity contribution in [3.63, 3.8) is 0 Å². The number of aromatic nitrogens is 1. The van der Waals surface area contributed by atoms with E-state index in [-0.39, 0.29) is 12.3 Å². The first-order valence-corrected chi connectivity index (χ1v) is 5.22. The molecule has 0 N–H and O–H groups in total. The minimum Gasteiger partial charge on any atom is -0.453 e. The smallest absolute Gasteiger partial charge is 0.409 e. The van der Waals surface area contributed by atoms with Gasteiger partial charge in [-0.1, -0.05) is 6.07 Å². The highest BCUT2D eigenvalue weighted by Gasteiger charge is 2.21. The van der Waals surface area contributed by atoms with Crippen LogP contribution >= 0.6 is 0 Å². The van der Waals surface area contributed by atoms with Gasteiger partial charge in [0.05, 0.1) is 8.48 Å². The van der Waals surface area contributed by atoms with E-state index in [0.717, 1.165) is 5.82 Å². The van der Waals surface area contributed by atoms with E-state index in [1.807, 2.05) is 12.1 Å². The summed E-state index contributed by atoms with van der Waals surface area (Å²) in [5, 5.41) is 0. The van der Waals surface area contributed by atoms with E-state index in [2.05, 4.69) is 14.6 Å². The van der Waals surface area contributed by atoms with Crippen molar-refractivity contribution in [2.75, 3.05) is 38.2 Å². The number of pyridine rings is 1.